The van der Waals surface area contributed by atoms with Crippen molar-refractivity contribution in [1.82, 2.24) is 20.2 Å². The largest absolute Gasteiger partial charge is 0.508 e. The monoisotopic (exact) mass is 1160 g/mol. The Morgan fingerprint density at radius 1 is 0.871 bits per heavy atom. The van der Waals surface area contributed by atoms with Crippen LogP contribution >= 0.6 is 0 Å². The molecule has 0 radical (unpaired) electrons. The van der Waals surface area contributed by atoms with Crippen molar-refractivity contribution >= 4 is 38.6 Å². The van der Waals surface area contributed by atoms with Gasteiger partial charge < -0.3 is 65.1 Å². The van der Waals surface area contributed by atoms with Crippen molar-refractivity contribution in [2.45, 2.75) is 176 Å². The number of rotatable bonds is 9. The lowest BCUT2D eigenvalue weighted by Crippen LogP contribution is -2.75. The fraction of sp³-hybridized carbons (Fsp3) is 0.559. The maximum absolute atomic E-state index is 14.8. The number of phenols is 2. The molecule has 3 aromatic heterocycles. The first-order valence-electron chi connectivity index (χ1n) is 31.1. The molecule has 1 amide bonds. The number of aliphatic hydroxyl groups excluding tert-OH is 4. The number of aryl methyl sites for hydroxylation is 2. The Hall–Kier alpha value is -6.38. The van der Waals surface area contributed by atoms with Crippen molar-refractivity contribution in [3.05, 3.63) is 93.7 Å². The van der Waals surface area contributed by atoms with Crippen molar-refractivity contribution in [2.75, 3.05) is 13.2 Å². The summed E-state index contributed by atoms with van der Waals surface area (Å²) in [6, 6.07) is 12.6. The second-order valence-corrected chi connectivity index (χ2v) is 27.3. The molecule has 14 unspecified atom stereocenters. The highest BCUT2D eigenvalue weighted by Gasteiger charge is 2.72. The van der Waals surface area contributed by atoms with E-state index < -0.39 is 65.6 Å². The number of nitrogens with zero attached hydrogens (tertiary/aromatic N) is 1. The van der Waals surface area contributed by atoms with Gasteiger partial charge in [0.05, 0.1) is 22.9 Å². The molecule has 7 bridgehead atoms. The van der Waals surface area contributed by atoms with Crippen LogP contribution in [0, 0.1) is 76.9 Å². The molecule has 4 saturated carbocycles. The molecule has 85 heavy (non-hydrogen) atoms. The van der Waals surface area contributed by atoms with E-state index in [9.17, 15) is 45.3 Å². The van der Waals surface area contributed by atoms with Gasteiger partial charge in [-0.2, -0.15) is 0 Å². The molecule has 6 aromatic rings. The first kappa shape index (κ1) is 55.2. The smallest absolute Gasteiger partial charge is 0.226 e. The van der Waals surface area contributed by atoms with Crippen molar-refractivity contribution in [2.24, 2.45) is 46.3 Å². The van der Waals surface area contributed by atoms with Crippen molar-refractivity contribution in [1.29, 1.82) is 0 Å². The molecule has 17 heteroatoms. The highest BCUT2D eigenvalue weighted by Crippen LogP contribution is 2.69. The Bertz CT molecular complexity index is 3890. The van der Waals surface area contributed by atoms with Crippen molar-refractivity contribution in [3.8, 4) is 46.6 Å². The number of carbonyl (C=O) groups excluding carboxylic acids is 1. The molecular formula is C68H76N4O13. The third-order valence-electron chi connectivity index (χ3n) is 23.0. The number of piperidine rings is 1. The van der Waals surface area contributed by atoms with Crippen LogP contribution in [0.25, 0.3) is 38.3 Å². The average Bonchev–Trinajstić information content (AvgIpc) is 1.40. The maximum Gasteiger partial charge on any atom is 0.226 e. The second kappa shape index (κ2) is 20.1. The second-order valence-electron chi connectivity index (χ2n) is 27.3. The van der Waals surface area contributed by atoms with Gasteiger partial charge in [0.2, 0.25) is 5.91 Å². The van der Waals surface area contributed by atoms with Crippen LogP contribution in [0.5, 0.6) is 17.2 Å². The van der Waals surface area contributed by atoms with Gasteiger partial charge in [-0.1, -0.05) is 37.7 Å². The van der Waals surface area contributed by atoms with Crippen LogP contribution in [0.1, 0.15) is 119 Å². The number of amides is 1. The highest BCUT2D eigenvalue weighted by molar-refractivity contribution is 5.93. The van der Waals surface area contributed by atoms with E-state index in [4.69, 9.17) is 18.9 Å². The summed E-state index contributed by atoms with van der Waals surface area (Å²) >= 11 is 0. The Morgan fingerprint density at radius 3 is 2.49 bits per heavy atom. The molecule has 4 aliphatic heterocycles. The van der Waals surface area contributed by atoms with E-state index in [1.165, 1.54) is 30.3 Å². The minimum absolute atomic E-state index is 0.00501. The van der Waals surface area contributed by atoms with Gasteiger partial charge in [-0.05, 0) is 154 Å². The third kappa shape index (κ3) is 8.35. The summed E-state index contributed by atoms with van der Waals surface area (Å²) in [5.41, 5.74) is -1.76. The molecule has 446 valence electrons. The predicted octanol–water partition coefficient (Wildman–Crippen LogP) is 6.97. The van der Waals surface area contributed by atoms with E-state index in [0.717, 1.165) is 87.2 Å². The Morgan fingerprint density at radius 2 is 1.69 bits per heavy atom. The number of H-pyrrole nitrogens is 1. The standard InChI is InChI=1S/C68H76N4O13/c1-3-51-43-17-23-69-50(43)34-72(51)58-60-40(25-45-53(76)24-36(2)82-61(45)58)26-56-68(83-60)32-47-49-33-70-63(80)66(49)21-15-37(16-22-66)8-7-18-64(47)30-46-38(28-65(19-4-5-20-65)71-57(46)48(68)31-64)9-6-10-55(84-85-56)67(81,62(79)59(78)54(77)35-73)29-39-11-14-52(75)42-13-12-41(74)27-44(39)42/h11-14,17,23-25,27,34,37-38,46-49,54-57,59,62,69,71,73-75,77-79,81H,3-5,8-9,15-16,19-22,26,28-33,35H2,1-2H3,(H,70,80). The van der Waals surface area contributed by atoms with Crippen LogP contribution in [-0.2, 0) is 33.8 Å². The summed E-state index contributed by atoms with van der Waals surface area (Å²) in [7, 11) is 0. The fourth-order valence-corrected chi connectivity index (χ4v) is 18.9. The van der Waals surface area contributed by atoms with E-state index in [1.807, 2.05) is 18.5 Å². The Labute approximate surface area is 492 Å². The molecule has 6 fully saturated rings. The van der Waals surface area contributed by atoms with E-state index in [-0.39, 0.29) is 70.4 Å². The highest BCUT2D eigenvalue weighted by atomic mass is 17.2. The van der Waals surface area contributed by atoms with Gasteiger partial charge in [0.15, 0.2) is 22.9 Å². The van der Waals surface area contributed by atoms with Gasteiger partial charge in [0.25, 0.3) is 0 Å². The van der Waals surface area contributed by atoms with Crippen molar-refractivity contribution < 1.29 is 59.5 Å². The Balaban J connectivity index is 0.984. The summed E-state index contributed by atoms with van der Waals surface area (Å²) in [4.78, 5) is 46.8. The zero-order valence-electron chi connectivity index (χ0n) is 48.2. The lowest BCUT2D eigenvalue weighted by molar-refractivity contribution is -0.399. The minimum Gasteiger partial charge on any atom is -0.508 e. The van der Waals surface area contributed by atoms with Crippen LogP contribution in [0.3, 0.4) is 0 Å². The van der Waals surface area contributed by atoms with Crippen molar-refractivity contribution in [3.63, 3.8) is 0 Å². The number of benzene rings is 3. The Kier molecular flexibility index (Phi) is 13.0. The molecule has 2 saturated heterocycles. The molecule has 3 aromatic carbocycles. The van der Waals surface area contributed by atoms with Gasteiger partial charge >= 0.3 is 0 Å². The molecular weight excluding hydrogens is 1080 g/mol. The molecule has 7 heterocycles. The maximum atomic E-state index is 14.8. The number of nitrogens with one attached hydrogen (secondary N) is 3. The first-order chi connectivity index (χ1) is 41.0. The number of aromatic amines is 1. The SMILES string of the molecule is CCc1c2cc[nH]c2cn1-c1c2c(cc3c(=O)cc(C)oc13)CC1OOC(C(O)(Cc3ccc(O)c4ccc(O)cc34)C(O)C(O)C(O)CO)C#CCC3CC4(CCCC4)NC4C3CC35C#CCC6CCC7(CC6)C(=O)NCC7C3CC1(O2)C4C5. The van der Waals surface area contributed by atoms with Crippen LogP contribution in [-0.4, -0.2) is 118 Å². The number of phenolic OH excluding ortho intramolecular Hbond substituents is 2. The zero-order chi connectivity index (χ0) is 58.5. The average molecular weight is 1160 g/mol. The molecule has 10 aliphatic rings. The minimum atomic E-state index is -2.65. The van der Waals surface area contributed by atoms with Gasteiger partial charge in [-0.25, -0.2) is 9.78 Å². The number of aliphatic hydroxyl groups is 5. The van der Waals surface area contributed by atoms with E-state index in [1.54, 1.807) is 13.0 Å². The third-order valence-corrected chi connectivity index (χ3v) is 23.0. The quantitative estimate of drug-likeness (QED) is 0.0518. The predicted molar refractivity (Wildman–Crippen MR) is 314 cm³/mol. The molecule has 10 N–H and O–H groups in total. The van der Waals surface area contributed by atoms with Crippen LogP contribution in [0.2, 0.25) is 0 Å². The number of hydrogen-bond donors (Lipinski definition) is 10. The molecule has 6 aliphatic carbocycles. The summed E-state index contributed by atoms with van der Waals surface area (Å²) in [5.74, 6) is 15.3. The number of fused-ring (bicyclic) bond motifs is 7. The van der Waals surface area contributed by atoms with E-state index in [2.05, 4.69) is 56.9 Å². The van der Waals surface area contributed by atoms with Crippen LogP contribution < -0.4 is 20.8 Å². The van der Waals surface area contributed by atoms with Crippen LogP contribution in [0.4, 0.5) is 0 Å². The van der Waals surface area contributed by atoms with Gasteiger partial charge in [-0.3, -0.25) is 9.59 Å². The number of aromatic hydroxyl groups is 2. The number of ether oxygens (including phenoxy) is 1. The number of hydrogen-bond acceptors (Lipinski definition) is 14. The van der Waals surface area contributed by atoms with E-state index >= 15 is 0 Å². The van der Waals surface area contributed by atoms with Gasteiger partial charge in [0, 0.05) is 95.6 Å². The van der Waals surface area contributed by atoms with Gasteiger partial charge in [0.1, 0.15) is 58.6 Å². The van der Waals surface area contributed by atoms with Gasteiger partial charge in [-0.15, -0.1) is 11.8 Å². The molecule has 16 rings (SSSR count). The number of aromatic nitrogens is 2. The molecule has 17 nitrogen and oxygen atoms in total. The summed E-state index contributed by atoms with van der Waals surface area (Å²) < 4.78 is 17.2. The summed E-state index contributed by atoms with van der Waals surface area (Å²) in [6.07, 6.45) is 6.27. The summed E-state index contributed by atoms with van der Waals surface area (Å²) in [5, 5.41) is 91.0. The first-order valence-corrected chi connectivity index (χ1v) is 31.1. The summed E-state index contributed by atoms with van der Waals surface area (Å²) in [6.45, 7) is 3.43. The fourth-order valence-electron chi connectivity index (χ4n) is 18.9. The number of carbonyl (C=O) groups is 1. The van der Waals surface area contributed by atoms with Crippen LogP contribution in [0.15, 0.2) is 70.1 Å². The lowest BCUT2D eigenvalue weighted by atomic mass is 9.41. The molecule has 4 spiro atoms. The van der Waals surface area contributed by atoms with E-state index in [0.29, 0.717) is 88.2 Å². The zero-order valence-corrected chi connectivity index (χ0v) is 48.2. The topological polar surface area (TPSA) is 261 Å². The normalized spacial score (nSPS) is 34.2. The lowest BCUT2D eigenvalue weighted by Gasteiger charge is -2.67. The molecule has 14 atom stereocenters.